The SMILES string of the molecule is COc1cccc(-c2nc3cc(NC(=O)c4cncc(Br)c4)ccc3o2)c1. The maximum Gasteiger partial charge on any atom is 0.257 e. The number of ether oxygens (including phenoxy) is 1. The summed E-state index contributed by atoms with van der Waals surface area (Å²) in [7, 11) is 1.61. The van der Waals surface area contributed by atoms with E-state index in [2.05, 4.69) is 31.2 Å². The molecule has 0 saturated carbocycles. The molecular weight excluding hydrogens is 410 g/mol. The molecule has 2 aromatic carbocycles. The van der Waals surface area contributed by atoms with E-state index in [4.69, 9.17) is 9.15 Å². The molecule has 0 radical (unpaired) electrons. The number of oxazole rings is 1. The molecule has 0 aliphatic carbocycles. The highest BCUT2D eigenvalue weighted by atomic mass is 79.9. The summed E-state index contributed by atoms with van der Waals surface area (Å²) in [5.41, 5.74) is 3.18. The lowest BCUT2D eigenvalue weighted by atomic mass is 10.2. The van der Waals surface area contributed by atoms with Gasteiger partial charge in [-0.25, -0.2) is 4.98 Å². The number of fused-ring (bicyclic) bond motifs is 1. The smallest absolute Gasteiger partial charge is 0.257 e. The van der Waals surface area contributed by atoms with Crippen molar-refractivity contribution in [2.75, 3.05) is 12.4 Å². The predicted molar refractivity (Wildman–Crippen MR) is 106 cm³/mol. The Morgan fingerprint density at radius 3 is 2.85 bits per heavy atom. The number of hydrogen-bond donors (Lipinski definition) is 1. The van der Waals surface area contributed by atoms with Crippen molar-refractivity contribution in [2.45, 2.75) is 0 Å². The lowest BCUT2D eigenvalue weighted by Gasteiger charge is -2.04. The van der Waals surface area contributed by atoms with Gasteiger partial charge in [0.2, 0.25) is 5.89 Å². The molecule has 0 aliphatic rings. The molecule has 6 nitrogen and oxygen atoms in total. The van der Waals surface area contributed by atoms with Gasteiger partial charge in [0.15, 0.2) is 5.58 Å². The van der Waals surface area contributed by atoms with Gasteiger partial charge in [0.1, 0.15) is 11.3 Å². The van der Waals surface area contributed by atoms with Crippen LogP contribution in [-0.2, 0) is 0 Å². The van der Waals surface area contributed by atoms with E-state index in [1.165, 1.54) is 6.20 Å². The summed E-state index contributed by atoms with van der Waals surface area (Å²) in [5.74, 6) is 0.966. The molecule has 0 unspecified atom stereocenters. The maximum absolute atomic E-state index is 12.4. The molecule has 4 rings (SSSR count). The number of carbonyl (C=O) groups excluding carboxylic acids is 1. The van der Waals surface area contributed by atoms with E-state index in [1.807, 2.05) is 24.3 Å². The molecular formula is C20H14BrN3O3. The quantitative estimate of drug-likeness (QED) is 0.504. The molecule has 134 valence electrons. The summed E-state index contributed by atoms with van der Waals surface area (Å²) in [4.78, 5) is 20.9. The van der Waals surface area contributed by atoms with Crippen LogP contribution in [0.5, 0.6) is 5.75 Å². The predicted octanol–water partition coefficient (Wildman–Crippen LogP) is 4.91. The van der Waals surface area contributed by atoms with E-state index >= 15 is 0 Å². The molecule has 7 heteroatoms. The first-order valence-corrected chi connectivity index (χ1v) is 8.88. The third-order valence-corrected chi connectivity index (χ3v) is 4.36. The molecule has 0 saturated heterocycles. The minimum Gasteiger partial charge on any atom is -0.497 e. The number of methoxy groups -OCH3 is 1. The van der Waals surface area contributed by atoms with E-state index in [9.17, 15) is 4.79 Å². The fourth-order valence-electron chi connectivity index (χ4n) is 2.62. The van der Waals surface area contributed by atoms with Gasteiger partial charge in [-0.3, -0.25) is 9.78 Å². The van der Waals surface area contributed by atoms with Crippen molar-refractivity contribution >= 4 is 38.6 Å². The van der Waals surface area contributed by atoms with Crippen LogP contribution >= 0.6 is 15.9 Å². The molecule has 1 N–H and O–H groups in total. The zero-order chi connectivity index (χ0) is 18.8. The van der Waals surface area contributed by atoms with E-state index < -0.39 is 0 Å². The van der Waals surface area contributed by atoms with E-state index in [0.717, 1.165) is 15.8 Å². The van der Waals surface area contributed by atoms with Gasteiger partial charge < -0.3 is 14.5 Å². The van der Waals surface area contributed by atoms with Crippen LogP contribution in [0, 0.1) is 0 Å². The summed E-state index contributed by atoms with van der Waals surface area (Å²) in [6.45, 7) is 0. The Balaban J connectivity index is 1.61. The molecule has 4 aromatic rings. The number of halogens is 1. The van der Waals surface area contributed by atoms with Crippen molar-refractivity contribution < 1.29 is 13.9 Å². The van der Waals surface area contributed by atoms with Gasteiger partial charge in [-0.15, -0.1) is 0 Å². The van der Waals surface area contributed by atoms with Gasteiger partial charge in [0.05, 0.1) is 12.7 Å². The van der Waals surface area contributed by atoms with E-state index in [1.54, 1.807) is 37.6 Å². The number of nitrogens with zero attached hydrogens (tertiary/aromatic N) is 2. The van der Waals surface area contributed by atoms with Crippen LogP contribution < -0.4 is 10.1 Å². The number of nitrogens with one attached hydrogen (secondary N) is 1. The zero-order valence-corrected chi connectivity index (χ0v) is 15.9. The van der Waals surface area contributed by atoms with Crippen molar-refractivity contribution in [1.29, 1.82) is 0 Å². The van der Waals surface area contributed by atoms with Crippen molar-refractivity contribution in [2.24, 2.45) is 0 Å². The second kappa shape index (κ2) is 7.20. The molecule has 27 heavy (non-hydrogen) atoms. The number of rotatable bonds is 4. The van der Waals surface area contributed by atoms with Crippen LogP contribution in [0.25, 0.3) is 22.6 Å². The third-order valence-electron chi connectivity index (χ3n) is 3.93. The van der Waals surface area contributed by atoms with Crippen molar-refractivity contribution in [3.8, 4) is 17.2 Å². The maximum atomic E-state index is 12.4. The fraction of sp³-hybridized carbons (Fsp3) is 0.0500. The van der Waals surface area contributed by atoms with E-state index in [0.29, 0.717) is 28.2 Å². The molecule has 0 bridgehead atoms. The van der Waals surface area contributed by atoms with Crippen LogP contribution in [0.4, 0.5) is 5.69 Å². The second-order valence-corrected chi connectivity index (χ2v) is 6.70. The minimum atomic E-state index is -0.250. The van der Waals surface area contributed by atoms with E-state index in [-0.39, 0.29) is 5.91 Å². The van der Waals surface area contributed by atoms with Gasteiger partial charge in [0.25, 0.3) is 5.91 Å². The van der Waals surface area contributed by atoms with Crippen molar-refractivity contribution in [1.82, 2.24) is 9.97 Å². The zero-order valence-electron chi connectivity index (χ0n) is 14.3. The minimum absolute atomic E-state index is 0.250. The summed E-state index contributed by atoms with van der Waals surface area (Å²) in [6.07, 6.45) is 3.13. The highest BCUT2D eigenvalue weighted by molar-refractivity contribution is 9.10. The Morgan fingerprint density at radius 2 is 2.04 bits per heavy atom. The first kappa shape index (κ1) is 17.2. The normalized spacial score (nSPS) is 10.7. The van der Waals surface area contributed by atoms with Gasteiger partial charge in [0, 0.05) is 28.1 Å². The monoisotopic (exact) mass is 423 g/mol. The van der Waals surface area contributed by atoms with Gasteiger partial charge in [-0.05, 0) is 58.4 Å². The number of anilines is 1. The summed E-state index contributed by atoms with van der Waals surface area (Å²) >= 11 is 3.31. The Labute approximate surface area is 163 Å². The molecule has 2 heterocycles. The van der Waals surface area contributed by atoms with Gasteiger partial charge in [-0.1, -0.05) is 6.07 Å². The molecule has 0 fully saturated rings. The Morgan fingerprint density at radius 1 is 1.15 bits per heavy atom. The fourth-order valence-corrected chi connectivity index (χ4v) is 2.99. The summed E-state index contributed by atoms with van der Waals surface area (Å²) in [5, 5.41) is 2.84. The van der Waals surface area contributed by atoms with Crippen LogP contribution in [0.2, 0.25) is 0 Å². The first-order valence-electron chi connectivity index (χ1n) is 8.09. The largest absolute Gasteiger partial charge is 0.497 e. The number of hydrogen-bond acceptors (Lipinski definition) is 5. The summed E-state index contributed by atoms with van der Waals surface area (Å²) in [6, 6.07) is 14.5. The molecule has 0 spiro atoms. The summed E-state index contributed by atoms with van der Waals surface area (Å²) < 4.78 is 11.8. The van der Waals surface area contributed by atoms with Gasteiger partial charge in [-0.2, -0.15) is 0 Å². The second-order valence-electron chi connectivity index (χ2n) is 5.78. The van der Waals surface area contributed by atoms with Crippen LogP contribution in [0.15, 0.2) is 69.8 Å². The number of aromatic nitrogens is 2. The Kier molecular flexibility index (Phi) is 4.60. The Bertz CT molecular complexity index is 1140. The third kappa shape index (κ3) is 3.68. The van der Waals surface area contributed by atoms with Gasteiger partial charge >= 0.3 is 0 Å². The average Bonchev–Trinajstić information content (AvgIpc) is 3.11. The number of pyridine rings is 1. The number of benzene rings is 2. The highest BCUT2D eigenvalue weighted by Crippen LogP contribution is 2.28. The molecule has 1 amide bonds. The lowest BCUT2D eigenvalue weighted by molar-refractivity contribution is 0.102. The van der Waals surface area contributed by atoms with Crippen molar-refractivity contribution in [3.63, 3.8) is 0 Å². The Hall–Kier alpha value is -3.19. The van der Waals surface area contributed by atoms with Crippen LogP contribution in [-0.4, -0.2) is 23.0 Å². The number of amides is 1. The highest BCUT2D eigenvalue weighted by Gasteiger charge is 2.12. The van der Waals surface area contributed by atoms with Crippen LogP contribution in [0.1, 0.15) is 10.4 Å². The first-order chi connectivity index (χ1) is 13.1. The van der Waals surface area contributed by atoms with Crippen molar-refractivity contribution in [3.05, 3.63) is 71.0 Å². The molecule has 2 aromatic heterocycles. The topological polar surface area (TPSA) is 77.2 Å². The number of carbonyl (C=O) groups is 1. The standard InChI is InChI=1S/C20H14BrN3O3/c1-26-16-4-2-3-12(8-16)20-24-17-9-15(5-6-18(17)27-20)23-19(25)13-7-14(21)11-22-10-13/h2-11H,1H3,(H,23,25). The average molecular weight is 424 g/mol. The lowest BCUT2D eigenvalue weighted by Crippen LogP contribution is -2.12. The van der Waals surface area contributed by atoms with Crippen LogP contribution in [0.3, 0.4) is 0 Å². The molecule has 0 atom stereocenters. The molecule has 0 aliphatic heterocycles.